The van der Waals surface area contributed by atoms with Crippen molar-refractivity contribution in [3.8, 4) is 0 Å². The maximum atomic E-state index is 10.1. The van der Waals surface area contributed by atoms with Gasteiger partial charge in [0.1, 0.15) is 6.10 Å². The van der Waals surface area contributed by atoms with Crippen molar-refractivity contribution >= 4 is 0 Å². The summed E-state index contributed by atoms with van der Waals surface area (Å²) in [5.41, 5.74) is 1.04. The van der Waals surface area contributed by atoms with Gasteiger partial charge in [-0.25, -0.2) is 0 Å². The van der Waals surface area contributed by atoms with Gasteiger partial charge in [-0.1, -0.05) is 52.0 Å². The Kier molecular flexibility index (Phi) is 4.00. The van der Waals surface area contributed by atoms with Gasteiger partial charge >= 0.3 is 0 Å². The predicted octanol–water partition coefficient (Wildman–Crippen LogP) is 3.18. The van der Waals surface area contributed by atoms with E-state index < -0.39 is 11.7 Å². The summed E-state index contributed by atoms with van der Waals surface area (Å²) in [7, 11) is 0. The molecule has 0 radical (unpaired) electrons. The molecule has 0 saturated heterocycles. The first-order valence-corrected chi connectivity index (χ1v) is 6.19. The SMILES string of the molecule is CCC(C)(O)C(O)c1ccc(C(C)(C)C)cc1. The Morgan fingerprint density at radius 1 is 1.06 bits per heavy atom. The molecule has 0 aliphatic carbocycles. The van der Waals surface area contributed by atoms with E-state index in [9.17, 15) is 10.2 Å². The molecule has 1 aromatic carbocycles. The summed E-state index contributed by atoms with van der Waals surface area (Å²) in [5.74, 6) is 0. The van der Waals surface area contributed by atoms with Gasteiger partial charge in [-0.3, -0.25) is 0 Å². The lowest BCUT2D eigenvalue weighted by Crippen LogP contribution is -2.31. The smallest absolute Gasteiger partial charge is 0.107 e. The lowest BCUT2D eigenvalue weighted by molar-refractivity contribution is -0.0658. The van der Waals surface area contributed by atoms with Gasteiger partial charge in [0.25, 0.3) is 0 Å². The average molecular weight is 236 g/mol. The molecule has 2 nitrogen and oxygen atoms in total. The normalized spacial score (nSPS) is 17.6. The Hall–Kier alpha value is -0.860. The highest BCUT2D eigenvalue weighted by Gasteiger charge is 2.29. The molecule has 0 bridgehead atoms. The summed E-state index contributed by atoms with van der Waals surface area (Å²) < 4.78 is 0. The Balaban J connectivity index is 2.96. The van der Waals surface area contributed by atoms with E-state index in [1.54, 1.807) is 6.92 Å². The molecule has 0 aromatic heterocycles. The van der Waals surface area contributed by atoms with Crippen LogP contribution in [0.25, 0.3) is 0 Å². The molecule has 0 aliphatic rings. The zero-order valence-corrected chi connectivity index (χ0v) is 11.5. The average Bonchev–Trinajstić information content (AvgIpc) is 2.27. The fourth-order valence-corrected chi connectivity index (χ4v) is 1.72. The summed E-state index contributed by atoms with van der Waals surface area (Å²) in [4.78, 5) is 0. The van der Waals surface area contributed by atoms with Crippen LogP contribution in [-0.2, 0) is 5.41 Å². The third kappa shape index (κ3) is 3.30. The summed E-state index contributed by atoms with van der Waals surface area (Å²) >= 11 is 0. The minimum atomic E-state index is -1.07. The van der Waals surface area contributed by atoms with Crippen molar-refractivity contribution in [3.63, 3.8) is 0 Å². The molecule has 0 saturated carbocycles. The molecule has 0 heterocycles. The molecule has 2 heteroatoms. The van der Waals surface area contributed by atoms with Crippen LogP contribution in [0.4, 0.5) is 0 Å². The van der Waals surface area contributed by atoms with Gasteiger partial charge in [-0.2, -0.15) is 0 Å². The molecule has 1 aromatic rings. The Morgan fingerprint density at radius 3 is 1.88 bits per heavy atom. The molecule has 0 amide bonds. The molecule has 2 N–H and O–H groups in total. The summed E-state index contributed by atoms with van der Waals surface area (Å²) in [5, 5.41) is 20.1. The van der Waals surface area contributed by atoms with Gasteiger partial charge in [-0.05, 0) is 29.9 Å². The standard InChI is InChI=1S/C15H24O2/c1-6-15(5,17)13(16)11-7-9-12(10-8-11)14(2,3)4/h7-10,13,16-17H,6H2,1-5H3. The molecule has 0 aliphatic heterocycles. The van der Waals surface area contributed by atoms with Crippen LogP contribution >= 0.6 is 0 Å². The summed E-state index contributed by atoms with van der Waals surface area (Å²) in [6.07, 6.45) is -0.309. The Bertz CT molecular complexity index is 358. The van der Waals surface area contributed by atoms with Crippen LogP contribution in [-0.4, -0.2) is 15.8 Å². The summed E-state index contributed by atoms with van der Waals surface area (Å²) in [6.45, 7) is 9.99. The van der Waals surface area contributed by atoms with E-state index in [4.69, 9.17) is 0 Å². The quantitative estimate of drug-likeness (QED) is 0.846. The second kappa shape index (κ2) is 4.79. The van der Waals surface area contributed by atoms with E-state index >= 15 is 0 Å². The van der Waals surface area contributed by atoms with Gasteiger partial charge in [0.2, 0.25) is 0 Å². The lowest BCUT2D eigenvalue weighted by Gasteiger charge is -2.28. The van der Waals surface area contributed by atoms with Crippen LogP contribution < -0.4 is 0 Å². The maximum absolute atomic E-state index is 10.1. The Labute approximate surface area is 104 Å². The molecule has 0 spiro atoms. The van der Waals surface area contributed by atoms with Crippen molar-refractivity contribution in [2.75, 3.05) is 0 Å². The van der Waals surface area contributed by atoms with Gasteiger partial charge in [-0.15, -0.1) is 0 Å². The predicted molar refractivity (Wildman–Crippen MR) is 71.0 cm³/mol. The van der Waals surface area contributed by atoms with Gasteiger partial charge in [0.05, 0.1) is 5.60 Å². The highest BCUT2D eigenvalue weighted by atomic mass is 16.3. The van der Waals surface area contributed by atoms with Crippen LogP contribution in [0, 0.1) is 0 Å². The minimum absolute atomic E-state index is 0.108. The third-order valence-electron chi connectivity index (χ3n) is 3.40. The fraction of sp³-hybridized carbons (Fsp3) is 0.600. The molecule has 1 rings (SSSR count). The third-order valence-corrected chi connectivity index (χ3v) is 3.40. The van der Waals surface area contributed by atoms with Crippen molar-refractivity contribution < 1.29 is 10.2 Å². The van der Waals surface area contributed by atoms with Gasteiger partial charge in [0, 0.05) is 0 Å². The second-order valence-electron chi connectivity index (χ2n) is 5.99. The zero-order chi connectivity index (χ0) is 13.3. The number of benzene rings is 1. The summed E-state index contributed by atoms with van der Waals surface area (Å²) in [6, 6.07) is 7.83. The van der Waals surface area contributed by atoms with E-state index in [2.05, 4.69) is 20.8 Å². The van der Waals surface area contributed by atoms with E-state index in [1.165, 1.54) is 5.56 Å². The lowest BCUT2D eigenvalue weighted by atomic mass is 9.84. The van der Waals surface area contributed by atoms with Crippen molar-refractivity contribution in [2.24, 2.45) is 0 Å². The first-order valence-electron chi connectivity index (χ1n) is 6.19. The van der Waals surface area contributed by atoms with Crippen LogP contribution in [0.15, 0.2) is 24.3 Å². The fourth-order valence-electron chi connectivity index (χ4n) is 1.72. The largest absolute Gasteiger partial charge is 0.387 e. The monoisotopic (exact) mass is 236 g/mol. The molecular formula is C15H24O2. The van der Waals surface area contributed by atoms with E-state index in [0.29, 0.717) is 6.42 Å². The van der Waals surface area contributed by atoms with Gasteiger partial charge in [0.15, 0.2) is 0 Å². The van der Waals surface area contributed by atoms with Crippen molar-refractivity contribution in [3.05, 3.63) is 35.4 Å². The number of aliphatic hydroxyl groups excluding tert-OH is 1. The molecule has 2 atom stereocenters. The van der Waals surface area contributed by atoms with Crippen molar-refractivity contribution in [2.45, 2.75) is 58.2 Å². The highest BCUT2D eigenvalue weighted by molar-refractivity contribution is 5.29. The number of rotatable bonds is 3. The molecule has 96 valence electrons. The first kappa shape index (κ1) is 14.2. The van der Waals surface area contributed by atoms with E-state index in [1.807, 2.05) is 31.2 Å². The van der Waals surface area contributed by atoms with Gasteiger partial charge < -0.3 is 10.2 Å². The number of hydrogen-bond acceptors (Lipinski definition) is 2. The topological polar surface area (TPSA) is 40.5 Å². The Morgan fingerprint density at radius 2 is 1.53 bits per heavy atom. The molecule has 0 fully saturated rings. The first-order chi connectivity index (χ1) is 7.68. The van der Waals surface area contributed by atoms with Crippen LogP contribution in [0.1, 0.15) is 58.3 Å². The number of aliphatic hydroxyl groups is 2. The van der Waals surface area contributed by atoms with Crippen molar-refractivity contribution in [1.29, 1.82) is 0 Å². The zero-order valence-electron chi connectivity index (χ0n) is 11.5. The number of hydrogen-bond donors (Lipinski definition) is 2. The van der Waals surface area contributed by atoms with Crippen LogP contribution in [0.2, 0.25) is 0 Å². The molecule has 17 heavy (non-hydrogen) atoms. The van der Waals surface area contributed by atoms with Crippen molar-refractivity contribution in [1.82, 2.24) is 0 Å². The van der Waals surface area contributed by atoms with E-state index in [-0.39, 0.29) is 5.41 Å². The van der Waals surface area contributed by atoms with E-state index in [0.717, 1.165) is 5.56 Å². The molecular weight excluding hydrogens is 212 g/mol. The van der Waals surface area contributed by atoms with Crippen LogP contribution in [0.3, 0.4) is 0 Å². The highest BCUT2D eigenvalue weighted by Crippen LogP contribution is 2.30. The second-order valence-corrected chi connectivity index (χ2v) is 5.99. The molecule has 2 unspecified atom stereocenters. The maximum Gasteiger partial charge on any atom is 0.107 e. The van der Waals surface area contributed by atoms with Crippen LogP contribution in [0.5, 0.6) is 0 Å². The minimum Gasteiger partial charge on any atom is -0.387 e.